The normalized spacial score (nSPS) is 10.7. The lowest BCUT2D eigenvalue weighted by Crippen LogP contribution is -1.94. The van der Waals surface area contributed by atoms with Crippen LogP contribution in [0.5, 0.6) is 5.75 Å². The van der Waals surface area contributed by atoms with Gasteiger partial charge in [0.1, 0.15) is 12.4 Å². The summed E-state index contributed by atoms with van der Waals surface area (Å²) in [4.78, 5) is 0. The van der Waals surface area contributed by atoms with E-state index in [1.165, 1.54) is 0 Å². The Bertz CT molecular complexity index is 653. The molecular formula is C16H14O2. The van der Waals surface area contributed by atoms with Crippen LogP contribution in [0, 0.1) is 6.92 Å². The minimum Gasteiger partial charge on any atom is -0.485 e. The fourth-order valence-electron chi connectivity index (χ4n) is 2.01. The van der Waals surface area contributed by atoms with Gasteiger partial charge in [-0.1, -0.05) is 42.5 Å². The molecule has 3 aromatic rings. The van der Waals surface area contributed by atoms with Crippen molar-refractivity contribution in [2.75, 3.05) is 0 Å². The van der Waals surface area contributed by atoms with Gasteiger partial charge in [-0.3, -0.25) is 0 Å². The maximum absolute atomic E-state index is 5.82. The van der Waals surface area contributed by atoms with Gasteiger partial charge in [0.15, 0.2) is 11.3 Å². The van der Waals surface area contributed by atoms with Crippen molar-refractivity contribution < 1.29 is 9.15 Å². The lowest BCUT2D eigenvalue weighted by atomic mass is 10.2. The Hall–Kier alpha value is -2.22. The minimum atomic E-state index is 0.555. The van der Waals surface area contributed by atoms with E-state index < -0.39 is 0 Å². The highest BCUT2D eigenvalue weighted by atomic mass is 16.5. The second-order valence-corrected chi connectivity index (χ2v) is 4.31. The molecule has 0 saturated carbocycles. The molecule has 0 unspecified atom stereocenters. The molecule has 0 bridgehead atoms. The lowest BCUT2D eigenvalue weighted by Gasteiger charge is -2.06. The first-order valence-electron chi connectivity index (χ1n) is 5.99. The molecule has 2 aromatic carbocycles. The van der Waals surface area contributed by atoms with Gasteiger partial charge in [-0.25, -0.2) is 0 Å². The standard InChI is InChI=1S/C16H14O2/c1-12-10-14-8-5-9-15(16(14)18-12)17-11-13-6-3-2-4-7-13/h2-10H,11H2,1H3. The lowest BCUT2D eigenvalue weighted by molar-refractivity contribution is 0.305. The number of ether oxygens (including phenoxy) is 1. The third kappa shape index (κ3) is 2.09. The zero-order valence-electron chi connectivity index (χ0n) is 10.2. The van der Waals surface area contributed by atoms with Gasteiger partial charge in [0, 0.05) is 5.39 Å². The van der Waals surface area contributed by atoms with Gasteiger partial charge < -0.3 is 9.15 Å². The average Bonchev–Trinajstić information content (AvgIpc) is 2.78. The molecule has 1 heterocycles. The molecule has 0 spiro atoms. The van der Waals surface area contributed by atoms with E-state index in [4.69, 9.17) is 9.15 Å². The molecule has 0 fully saturated rings. The molecule has 90 valence electrons. The average molecular weight is 238 g/mol. The van der Waals surface area contributed by atoms with Crippen LogP contribution in [0.1, 0.15) is 11.3 Å². The van der Waals surface area contributed by atoms with E-state index in [9.17, 15) is 0 Å². The molecule has 1 aromatic heterocycles. The van der Waals surface area contributed by atoms with Crippen LogP contribution in [0.3, 0.4) is 0 Å². The summed E-state index contributed by atoms with van der Waals surface area (Å²) in [6.45, 7) is 2.50. The largest absolute Gasteiger partial charge is 0.485 e. The maximum atomic E-state index is 5.82. The molecule has 0 aliphatic carbocycles. The highest BCUT2D eigenvalue weighted by Crippen LogP contribution is 2.28. The Morgan fingerprint density at radius 1 is 1.00 bits per heavy atom. The molecule has 0 radical (unpaired) electrons. The summed E-state index contributed by atoms with van der Waals surface area (Å²) in [6, 6.07) is 18.1. The topological polar surface area (TPSA) is 22.4 Å². The summed E-state index contributed by atoms with van der Waals surface area (Å²) in [5, 5.41) is 1.08. The number of benzene rings is 2. The molecule has 2 nitrogen and oxygen atoms in total. The molecule has 0 N–H and O–H groups in total. The van der Waals surface area contributed by atoms with E-state index >= 15 is 0 Å². The smallest absolute Gasteiger partial charge is 0.176 e. The predicted octanol–water partition coefficient (Wildman–Crippen LogP) is 4.32. The van der Waals surface area contributed by atoms with Gasteiger partial charge in [-0.15, -0.1) is 0 Å². The van der Waals surface area contributed by atoms with Crippen molar-refractivity contribution in [3.05, 3.63) is 65.9 Å². The van der Waals surface area contributed by atoms with Gasteiger partial charge in [0.2, 0.25) is 0 Å². The summed E-state index contributed by atoms with van der Waals surface area (Å²) in [7, 11) is 0. The molecule has 0 aliphatic heterocycles. The monoisotopic (exact) mass is 238 g/mol. The highest BCUT2D eigenvalue weighted by molar-refractivity contribution is 5.83. The fourth-order valence-corrected chi connectivity index (χ4v) is 2.01. The Morgan fingerprint density at radius 2 is 1.83 bits per heavy atom. The maximum Gasteiger partial charge on any atom is 0.176 e. The number of fused-ring (bicyclic) bond motifs is 1. The van der Waals surface area contributed by atoms with Crippen molar-refractivity contribution in [1.29, 1.82) is 0 Å². The summed E-state index contributed by atoms with van der Waals surface area (Å²) in [5.74, 6) is 1.70. The predicted molar refractivity (Wildman–Crippen MR) is 71.7 cm³/mol. The molecule has 0 atom stereocenters. The van der Waals surface area contributed by atoms with Crippen LogP contribution in [0.2, 0.25) is 0 Å². The fraction of sp³-hybridized carbons (Fsp3) is 0.125. The first-order valence-corrected chi connectivity index (χ1v) is 5.99. The summed E-state index contributed by atoms with van der Waals surface area (Å²) in [6.07, 6.45) is 0. The summed E-state index contributed by atoms with van der Waals surface area (Å²) < 4.78 is 11.5. The number of rotatable bonds is 3. The Morgan fingerprint density at radius 3 is 2.67 bits per heavy atom. The van der Waals surface area contributed by atoms with E-state index in [2.05, 4.69) is 0 Å². The Labute approximate surface area is 106 Å². The van der Waals surface area contributed by atoms with Crippen molar-refractivity contribution in [3.8, 4) is 5.75 Å². The number of furan rings is 1. The SMILES string of the molecule is Cc1cc2cccc(OCc3ccccc3)c2o1. The van der Waals surface area contributed by atoms with Crippen LogP contribution < -0.4 is 4.74 Å². The molecule has 0 aliphatic rings. The Kier molecular flexibility index (Phi) is 2.77. The zero-order chi connectivity index (χ0) is 12.4. The van der Waals surface area contributed by atoms with Crippen molar-refractivity contribution in [3.63, 3.8) is 0 Å². The highest BCUT2D eigenvalue weighted by Gasteiger charge is 2.07. The van der Waals surface area contributed by atoms with E-state index in [-0.39, 0.29) is 0 Å². The van der Waals surface area contributed by atoms with Gasteiger partial charge >= 0.3 is 0 Å². The van der Waals surface area contributed by atoms with Gasteiger partial charge in [-0.05, 0) is 24.6 Å². The van der Waals surface area contributed by atoms with Crippen molar-refractivity contribution in [1.82, 2.24) is 0 Å². The van der Waals surface area contributed by atoms with Crippen molar-refractivity contribution in [2.24, 2.45) is 0 Å². The molecule has 0 amide bonds. The van der Waals surface area contributed by atoms with E-state index in [0.29, 0.717) is 6.61 Å². The molecule has 0 saturated heterocycles. The van der Waals surface area contributed by atoms with Crippen LogP contribution in [0.25, 0.3) is 11.0 Å². The van der Waals surface area contributed by atoms with E-state index in [0.717, 1.165) is 28.0 Å². The van der Waals surface area contributed by atoms with Gasteiger partial charge in [-0.2, -0.15) is 0 Å². The summed E-state index contributed by atoms with van der Waals surface area (Å²) in [5.41, 5.74) is 1.98. The molecule has 3 rings (SSSR count). The van der Waals surface area contributed by atoms with Crippen LogP contribution >= 0.6 is 0 Å². The first-order chi connectivity index (χ1) is 8.83. The van der Waals surface area contributed by atoms with Crippen LogP contribution in [-0.4, -0.2) is 0 Å². The number of para-hydroxylation sites is 1. The third-order valence-electron chi connectivity index (χ3n) is 2.87. The number of aryl methyl sites for hydroxylation is 1. The van der Waals surface area contributed by atoms with E-state index in [1.807, 2.05) is 61.5 Å². The third-order valence-corrected chi connectivity index (χ3v) is 2.87. The summed E-state index contributed by atoms with van der Waals surface area (Å²) >= 11 is 0. The van der Waals surface area contributed by atoms with Crippen molar-refractivity contribution in [2.45, 2.75) is 13.5 Å². The first kappa shape index (κ1) is 10.9. The second kappa shape index (κ2) is 4.57. The van der Waals surface area contributed by atoms with Crippen molar-refractivity contribution >= 4 is 11.0 Å². The quantitative estimate of drug-likeness (QED) is 0.678. The van der Waals surface area contributed by atoms with E-state index in [1.54, 1.807) is 0 Å². The second-order valence-electron chi connectivity index (χ2n) is 4.31. The van der Waals surface area contributed by atoms with Crippen LogP contribution in [-0.2, 0) is 6.61 Å². The number of hydrogen-bond donors (Lipinski definition) is 0. The van der Waals surface area contributed by atoms with Crippen LogP contribution in [0.4, 0.5) is 0 Å². The zero-order valence-corrected chi connectivity index (χ0v) is 10.2. The molecule has 18 heavy (non-hydrogen) atoms. The molecule has 2 heteroatoms. The van der Waals surface area contributed by atoms with Gasteiger partial charge in [0.25, 0.3) is 0 Å². The van der Waals surface area contributed by atoms with Gasteiger partial charge in [0.05, 0.1) is 0 Å². The Balaban J connectivity index is 1.86. The van der Waals surface area contributed by atoms with Crippen LogP contribution in [0.15, 0.2) is 59.0 Å². The minimum absolute atomic E-state index is 0.555. The molecular weight excluding hydrogens is 224 g/mol. The number of hydrogen-bond acceptors (Lipinski definition) is 2.